The predicted molar refractivity (Wildman–Crippen MR) is 213 cm³/mol. The fraction of sp³-hybridized carbons (Fsp3) is 0.611. The Morgan fingerprint density at radius 3 is 0.936 bits per heavy atom. The molecule has 0 unspecified atom stereocenters. The number of aliphatic imine (C=N–C) groups is 1. The van der Waals surface area contributed by atoms with Crippen molar-refractivity contribution in [3.05, 3.63) is 35.9 Å². The minimum absolute atomic E-state index is 0. The summed E-state index contributed by atoms with van der Waals surface area (Å²) in [4.78, 5) is 50.5. The SMILES string of the molecule is C.C#CC.C=NC(C)=O.CC.CC.CC.CC(C)=O.CC(C)=O.CC(C)=O.COC(C)=O.CS(C)=O.C[P+](C)=O.Cc1ccccc1. The van der Waals surface area contributed by atoms with Crippen LogP contribution in [0.1, 0.15) is 117 Å². The fourth-order valence-electron chi connectivity index (χ4n) is 0.534. The van der Waals surface area contributed by atoms with E-state index in [0.717, 1.165) is 0 Å². The molecule has 1 aromatic carbocycles. The molecule has 0 fully saturated rings. The van der Waals surface area contributed by atoms with Crippen LogP contribution in [-0.2, 0) is 44.1 Å². The Kier molecular flexibility index (Phi) is 152. The van der Waals surface area contributed by atoms with Gasteiger partial charge in [0, 0.05) is 37.2 Å². The molecule has 0 N–H and O–H groups in total. The summed E-state index contributed by atoms with van der Waals surface area (Å²) in [5, 5.41) is 0. The van der Waals surface area contributed by atoms with Crippen molar-refractivity contribution < 1.29 is 37.5 Å². The smallest absolute Gasteiger partial charge is 0.332 e. The molecule has 47 heavy (non-hydrogen) atoms. The van der Waals surface area contributed by atoms with E-state index in [2.05, 4.69) is 47.8 Å². The number of hydrogen-bond acceptors (Lipinski definition) is 8. The van der Waals surface area contributed by atoms with Gasteiger partial charge in [-0.1, -0.05) is 89.4 Å². The Balaban J connectivity index is -0.0000000289. The van der Waals surface area contributed by atoms with Crippen molar-refractivity contribution >= 4 is 54.5 Å². The molecule has 1 amide bonds. The Hall–Kier alpha value is -3.15. The third kappa shape index (κ3) is 913. The molecule has 1 rings (SSSR count). The van der Waals surface area contributed by atoms with Crippen LogP contribution in [0.15, 0.2) is 35.3 Å². The molecule has 0 aliphatic rings. The van der Waals surface area contributed by atoms with Crippen molar-refractivity contribution in [2.75, 3.05) is 33.0 Å². The maximum absolute atomic E-state index is 9.59. The van der Waals surface area contributed by atoms with E-state index in [9.17, 15) is 32.7 Å². The van der Waals surface area contributed by atoms with E-state index in [-0.39, 0.29) is 36.7 Å². The van der Waals surface area contributed by atoms with Gasteiger partial charge in [0.15, 0.2) is 0 Å². The molecule has 0 aliphatic heterocycles. The van der Waals surface area contributed by atoms with E-state index in [4.69, 9.17) is 0 Å². The van der Waals surface area contributed by atoms with Crippen LogP contribution in [0.3, 0.4) is 0 Å². The lowest BCUT2D eigenvalue weighted by atomic mass is 10.2. The molecule has 9 nitrogen and oxygen atoms in total. The molecule has 0 saturated carbocycles. The van der Waals surface area contributed by atoms with Crippen LogP contribution in [0.2, 0.25) is 0 Å². The van der Waals surface area contributed by atoms with Crippen LogP contribution in [-0.4, -0.2) is 73.1 Å². The summed E-state index contributed by atoms with van der Waals surface area (Å²) in [5.41, 5.74) is 1.32. The molecule has 1 aromatic rings. The number of ketones is 3. The lowest BCUT2D eigenvalue weighted by Gasteiger charge is -1.82. The number of carbonyl (C=O) groups is 5. The number of Topliss-reactive ketones (excluding diaryl/α,β-unsaturated/α-hetero) is 3. The van der Waals surface area contributed by atoms with Crippen LogP contribution in [0, 0.1) is 19.3 Å². The summed E-state index contributed by atoms with van der Waals surface area (Å²) >= 11 is 0. The summed E-state index contributed by atoms with van der Waals surface area (Å²) in [6, 6.07) is 10.3. The van der Waals surface area contributed by atoms with Crippen molar-refractivity contribution in [3.8, 4) is 12.3 Å². The second kappa shape index (κ2) is 90.2. The highest BCUT2D eigenvalue weighted by atomic mass is 32.2. The van der Waals surface area contributed by atoms with E-state index in [1.54, 1.807) is 32.8 Å². The zero-order valence-corrected chi connectivity index (χ0v) is 35.0. The first kappa shape index (κ1) is 79.4. The number of nitrogens with zero attached hydrogens (tertiary/aromatic N) is 1. The number of aryl methyl sites for hydroxylation is 1. The summed E-state index contributed by atoms with van der Waals surface area (Å²) in [7, 11) is -0.132. The summed E-state index contributed by atoms with van der Waals surface area (Å²) < 4.78 is 23.3. The van der Waals surface area contributed by atoms with Gasteiger partial charge in [-0.3, -0.25) is 13.8 Å². The van der Waals surface area contributed by atoms with Gasteiger partial charge in [-0.2, -0.15) is 0 Å². The second-order valence-corrected chi connectivity index (χ2v) is 10.7. The van der Waals surface area contributed by atoms with E-state index < -0.39 is 18.6 Å². The zero-order valence-electron chi connectivity index (χ0n) is 33.2. The van der Waals surface area contributed by atoms with Crippen LogP contribution >= 0.6 is 7.80 Å². The van der Waals surface area contributed by atoms with Gasteiger partial charge < -0.3 is 19.1 Å². The topological polar surface area (TPSA) is 141 Å². The van der Waals surface area contributed by atoms with Gasteiger partial charge in [0.25, 0.3) is 0 Å². The van der Waals surface area contributed by atoms with Gasteiger partial charge in [0.2, 0.25) is 5.91 Å². The molecule has 0 radical (unpaired) electrons. The highest BCUT2D eigenvalue weighted by molar-refractivity contribution is 7.83. The molecule has 282 valence electrons. The third-order valence-electron chi connectivity index (χ3n) is 1.45. The first-order valence-electron chi connectivity index (χ1n) is 14.4. The minimum atomic E-state index is -0.870. The molecular formula is C36H75NO8PS+. The van der Waals surface area contributed by atoms with Gasteiger partial charge in [-0.25, -0.2) is 4.99 Å². The minimum Gasteiger partial charge on any atom is -0.469 e. The van der Waals surface area contributed by atoms with Crippen LogP contribution in [0.5, 0.6) is 0 Å². The normalized spacial score (nSPS) is 6.23. The Labute approximate surface area is 295 Å². The molecular weight excluding hydrogens is 637 g/mol. The molecule has 0 bridgehead atoms. The van der Waals surface area contributed by atoms with E-state index in [0.29, 0.717) is 0 Å². The maximum atomic E-state index is 9.59. The molecule has 0 saturated heterocycles. The van der Waals surface area contributed by atoms with Crippen LogP contribution in [0.25, 0.3) is 0 Å². The highest BCUT2D eigenvalue weighted by Crippen LogP contribution is 2.00. The second-order valence-electron chi connectivity index (χ2n) is 7.59. The number of methoxy groups -OCH3 is 1. The summed E-state index contributed by atoms with van der Waals surface area (Å²) in [6.45, 7) is 33.9. The monoisotopic (exact) mass is 712 g/mol. The number of carbonyl (C=O) groups excluding carboxylic acids is 5. The molecule has 0 aromatic heterocycles. The van der Waals surface area contributed by atoms with Gasteiger partial charge in [0.05, 0.1) is 7.11 Å². The van der Waals surface area contributed by atoms with Crippen molar-refractivity contribution in [3.63, 3.8) is 0 Å². The average molecular weight is 713 g/mol. The number of amides is 1. The zero-order chi connectivity index (χ0) is 40.3. The van der Waals surface area contributed by atoms with Gasteiger partial charge in [-0.05, 0) is 62.1 Å². The van der Waals surface area contributed by atoms with Crippen LogP contribution < -0.4 is 0 Å². The largest absolute Gasteiger partial charge is 0.469 e. The van der Waals surface area contributed by atoms with E-state index in [1.165, 1.54) is 68.1 Å². The molecule has 0 heterocycles. The first-order valence-corrected chi connectivity index (χ1v) is 18.6. The summed E-state index contributed by atoms with van der Waals surface area (Å²) in [6.07, 6.45) is 7.88. The van der Waals surface area contributed by atoms with Gasteiger partial charge >= 0.3 is 13.8 Å². The van der Waals surface area contributed by atoms with Crippen molar-refractivity contribution in [1.29, 1.82) is 0 Å². The summed E-state index contributed by atoms with van der Waals surface area (Å²) in [5.74, 6) is 2.27. The van der Waals surface area contributed by atoms with E-state index in [1.807, 2.05) is 59.7 Å². The van der Waals surface area contributed by atoms with Crippen LogP contribution in [0.4, 0.5) is 0 Å². The lowest BCUT2D eigenvalue weighted by Crippen LogP contribution is -1.88. The third-order valence-corrected chi connectivity index (χ3v) is 1.45. The average Bonchev–Trinajstić information content (AvgIpc) is 2.92. The molecule has 0 aliphatic carbocycles. The number of hydrogen-bond donors (Lipinski definition) is 0. The highest BCUT2D eigenvalue weighted by Gasteiger charge is 1.80. The quantitative estimate of drug-likeness (QED) is 0.112. The number of rotatable bonds is 0. The van der Waals surface area contributed by atoms with Crippen molar-refractivity contribution in [2.24, 2.45) is 4.99 Å². The number of benzene rings is 1. The fourth-order valence-corrected chi connectivity index (χ4v) is 0.534. The Morgan fingerprint density at radius 1 is 0.766 bits per heavy atom. The number of esters is 1. The standard InChI is InChI=1S/C7H8.C3H5NO.C3H6O2.3C3H6O.C3H4.C2H6OP.C2H6OS.3C2H6.CH4/c1-7-5-3-2-4-6-7;1-3(5)4-2;1-3(4)5-2;3*1-3(2)4;1-3-2;2*1-4(2)3;3*1-2;/h2-6H,1H3;2H2,1H3;1-2H3;3*1-2H3;1H,2H3;2*1-2H3;3*1-2H3;1H4/q;;;;;;;+1;;;;;. The first-order chi connectivity index (χ1) is 21.0. The van der Waals surface area contributed by atoms with E-state index >= 15 is 0 Å². The molecule has 11 heteroatoms. The van der Waals surface area contributed by atoms with Crippen molar-refractivity contribution in [2.45, 2.75) is 118 Å². The predicted octanol–water partition coefficient (Wildman–Crippen LogP) is 9.62. The molecule has 0 spiro atoms. The Bertz CT molecular complexity index is 763. The van der Waals surface area contributed by atoms with Gasteiger partial charge in [0.1, 0.15) is 30.7 Å². The maximum Gasteiger partial charge on any atom is 0.332 e. The number of ether oxygens (including phenoxy) is 1. The van der Waals surface area contributed by atoms with Crippen molar-refractivity contribution in [1.82, 2.24) is 0 Å². The molecule has 0 atom stereocenters. The number of terminal acetylenes is 1. The lowest BCUT2D eigenvalue weighted by molar-refractivity contribution is -0.138. The Morgan fingerprint density at radius 2 is 0.894 bits per heavy atom. The van der Waals surface area contributed by atoms with Gasteiger partial charge in [-0.15, -0.1) is 12.3 Å².